The molecule has 0 heteroatoms. The minimum absolute atomic E-state index is 0. The van der Waals surface area contributed by atoms with Crippen LogP contribution in [0.2, 0.25) is 0 Å². The highest BCUT2D eigenvalue weighted by molar-refractivity contribution is 5.38. The fraction of sp³-hybridized carbons (Fsp3) is 0.556. The maximum absolute atomic E-state index is 2.37. The first-order chi connectivity index (χ1) is 25.2. The Bertz CT molecular complexity index is 1460. The van der Waals surface area contributed by atoms with Gasteiger partial charge in [-0.2, -0.15) is 0 Å². The van der Waals surface area contributed by atoms with Crippen molar-refractivity contribution in [1.82, 2.24) is 0 Å². The van der Waals surface area contributed by atoms with Crippen molar-refractivity contribution >= 4 is 0 Å². The van der Waals surface area contributed by atoms with Crippen molar-refractivity contribution in [3.05, 3.63) is 139 Å². The molecule has 0 saturated heterocycles. The Morgan fingerprint density at radius 2 is 0.481 bits per heavy atom. The predicted octanol–water partition coefficient (Wildman–Crippen LogP) is 17.2. The van der Waals surface area contributed by atoms with Gasteiger partial charge in [0.2, 0.25) is 0 Å². The standard InChI is InChI=1S/3C10H14.2C8H16.C8H10.2H2/c2*1-7-5-8(2)10(4)9(3)6-7;1-7-5-6-8(2)10(4)9(7)3;3*1-7-3-5-8(2)6-4-7;;/h3*5-6H,1-4H3;2*7-8H,3-6H2,1-2H3;3-6H,1-2H3;2*1H. The average Bonchev–Trinajstić information content (AvgIpc) is 3.12. The lowest BCUT2D eigenvalue weighted by atomic mass is 9.84. The second-order valence-corrected chi connectivity index (χ2v) is 17.9. The summed E-state index contributed by atoms with van der Waals surface area (Å²) in [6.07, 6.45) is 11.8. The van der Waals surface area contributed by atoms with Crippen LogP contribution in [0, 0.1) is 121 Å². The van der Waals surface area contributed by atoms with E-state index in [0.717, 1.165) is 23.7 Å². The van der Waals surface area contributed by atoms with Crippen molar-refractivity contribution in [2.75, 3.05) is 0 Å². The Morgan fingerprint density at radius 1 is 0.278 bits per heavy atom. The smallest absolute Gasteiger partial charge is 0 e. The van der Waals surface area contributed by atoms with Gasteiger partial charge < -0.3 is 0 Å². The number of hydrogen-bond acceptors (Lipinski definition) is 0. The molecular weight excluding hydrogens is 649 g/mol. The van der Waals surface area contributed by atoms with Crippen molar-refractivity contribution in [2.24, 2.45) is 23.7 Å². The lowest BCUT2D eigenvalue weighted by Gasteiger charge is -2.22. The van der Waals surface area contributed by atoms with Crippen molar-refractivity contribution in [3.8, 4) is 0 Å². The second kappa shape index (κ2) is 25.1. The van der Waals surface area contributed by atoms with E-state index in [4.69, 9.17) is 0 Å². The molecule has 2 fully saturated rings. The van der Waals surface area contributed by atoms with Crippen LogP contribution in [0.15, 0.2) is 60.7 Å². The highest BCUT2D eigenvalue weighted by Gasteiger charge is 2.14. The Labute approximate surface area is 340 Å². The summed E-state index contributed by atoms with van der Waals surface area (Å²) in [6.45, 7) is 39.6. The maximum atomic E-state index is 2.37. The molecule has 0 heterocycles. The van der Waals surface area contributed by atoms with Gasteiger partial charge in [0.05, 0.1) is 0 Å². The Hall–Kier alpha value is -3.12. The van der Waals surface area contributed by atoms with Gasteiger partial charge in [0.25, 0.3) is 0 Å². The van der Waals surface area contributed by atoms with E-state index in [-0.39, 0.29) is 2.85 Å². The third kappa shape index (κ3) is 19.5. The summed E-state index contributed by atoms with van der Waals surface area (Å²) in [4.78, 5) is 0. The van der Waals surface area contributed by atoms with Crippen LogP contribution in [0.25, 0.3) is 0 Å². The number of hydrogen-bond donors (Lipinski definition) is 0. The summed E-state index contributed by atoms with van der Waals surface area (Å²) in [5, 5.41) is 0. The molecule has 2 saturated carbocycles. The largest absolute Gasteiger partial charge is 0.0625 e. The molecule has 0 bridgehead atoms. The molecule has 0 atom stereocenters. The normalized spacial score (nSPS) is 18.7. The van der Waals surface area contributed by atoms with Gasteiger partial charge in [-0.05, 0) is 176 Å². The van der Waals surface area contributed by atoms with E-state index in [1.807, 2.05) is 0 Å². The van der Waals surface area contributed by atoms with Gasteiger partial charge in [0.15, 0.2) is 0 Å². The highest BCUT2D eigenvalue weighted by atomic mass is 14.2. The van der Waals surface area contributed by atoms with E-state index in [2.05, 4.69) is 185 Å². The molecular formula is C54H88. The summed E-state index contributed by atoms with van der Waals surface area (Å²) < 4.78 is 0. The Balaban J connectivity index is 0. The molecule has 6 rings (SSSR count). The third-order valence-electron chi connectivity index (χ3n) is 12.3. The molecule has 0 amide bonds. The molecule has 4 aromatic carbocycles. The average molecular weight is 737 g/mol. The molecule has 0 spiro atoms. The SMILES string of the molecule is CC1CCC(C)CC1.CC1CCC(C)CC1.Cc1cc(C)c(C)c(C)c1.Cc1cc(C)c(C)c(C)c1.Cc1ccc(C)c(C)c1C.Cc1ccc(C)cc1.[HH].[HH]. The van der Waals surface area contributed by atoms with Gasteiger partial charge >= 0.3 is 0 Å². The van der Waals surface area contributed by atoms with Gasteiger partial charge in [0.1, 0.15) is 0 Å². The lowest BCUT2D eigenvalue weighted by Crippen LogP contribution is -2.08. The second-order valence-electron chi connectivity index (χ2n) is 17.9. The molecule has 2 aliphatic carbocycles. The summed E-state index contributed by atoms with van der Waals surface area (Å²) in [6, 6.07) is 21.7. The fourth-order valence-electron chi connectivity index (χ4n) is 7.09. The van der Waals surface area contributed by atoms with Crippen LogP contribution in [-0.2, 0) is 0 Å². The maximum Gasteiger partial charge on any atom is 0 e. The van der Waals surface area contributed by atoms with Crippen LogP contribution in [0.3, 0.4) is 0 Å². The van der Waals surface area contributed by atoms with E-state index in [9.17, 15) is 0 Å². The fourth-order valence-corrected chi connectivity index (χ4v) is 7.09. The topological polar surface area (TPSA) is 0 Å². The van der Waals surface area contributed by atoms with E-state index in [0.29, 0.717) is 0 Å². The van der Waals surface area contributed by atoms with Crippen LogP contribution in [-0.4, -0.2) is 0 Å². The number of benzene rings is 4. The number of aryl methyl sites for hydroxylation is 10. The van der Waals surface area contributed by atoms with Gasteiger partial charge in [-0.25, -0.2) is 0 Å². The summed E-state index contributed by atoms with van der Waals surface area (Å²) in [7, 11) is 0. The number of rotatable bonds is 0. The van der Waals surface area contributed by atoms with E-state index in [1.54, 1.807) is 0 Å². The molecule has 0 unspecified atom stereocenters. The van der Waals surface area contributed by atoms with Crippen LogP contribution < -0.4 is 0 Å². The van der Waals surface area contributed by atoms with Crippen LogP contribution in [0.5, 0.6) is 0 Å². The molecule has 4 aromatic rings. The van der Waals surface area contributed by atoms with E-state index in [1.165, 1.54) is 129 Å². The zero-order valence-corrected chi connectivity index (χ0v) is 38.7. The van der Waals surface area contributed by atoms with Crippen LogP contribution in [0.4, 0.5) is 0 Å². The quantitative estimate of drug-likeness (QED) is 0.169. The van der Waals surface area contributed by atoms with Gasteiger partial charge in [-0.3, -0.25) is 0 Å². The van der Waals surface area contributed by atoms with Crippen molar-refractivity contribution < 1.29 is 2.85 Å². The Kier molecular flexibility index (Phi) is 22.7. The minimum Gasteiger partial charge on any atom is -0.0625 e. The molecule has 0 aliphatic heterocycles. The predicted molar refractivity (Wildman–Crippen MR) is 250 cm³/mol. The lowest BCUT2D eigenvalue weighted by molar-refractivity contribution is 0.308. The van der Waals surface area contributed by atoms with Crippen molar-refractivity contribution in [3.63, 3.8) is 0 Å². The molecule has 2 aliphatic rings. The molecule has 0 radical (unpaired) electrons. The van der Waals surface area contributed by atoms with Gasteiger partial charge in [-0.15, -0.1) is 0 Å². The molecule has 54 heavy (non-hydrogen) atoms. The first-order valence-electron chi connectivity index (χ1n) is 21.4. The third-order valence-corrected chi connectivity index (χ3v) is 12.3. The summed E-state index contributed by atoms with van der Waals surface area (Å²) >= 11 is 0. The monoisotopic (exact) mass is 737 g/mol. The first-order valence-corrected chi connectivity index (χ1v) is 21.4. The van der Waals surface area contributed by atoms with E-state index >= 15 is 0 Å². The van der Waals surface area contributed by atoms with Gasteiger partial charge in [0, 0.05) is 2.85 Å². The minimum atomic E-state index is 0. The first kappa shape index (κ1) is 48.9. The van der Waals surface area contributed by atoms with Gasteiger partial charge in [-0.1, -0.05) is 162 Å². The van der Waals surface area contributed by atoms with Crippen LogP contribution in [0.1, 0.15) is 160 Å². The molecule has 0 nitrogen and oxygen atoms in total. The van der Waals surface area contributed by atoms with Crippen LogP contribution >= 0.6 is 0 Å². The highest BCUT2D eigenvalue weighted by Crippen LogP contribution is 2.28. The molecule has 0 aromatic heterocycles. The van der Waals surface area contributed by atoms with E-state index < -0.39 is 0 Å². The summed E-state index contributed by atoms with van der Waals surface area (Å²) in [5.41, 5.74) is 19.5. The zero-order chi connectivity index (χ0) is 41.1. The summed E-state index contributed by atoms with van der Waals surface area (Å²) in [5.74, 6) is 4.08. The molecule has 304 valence electrons. The van der Waals surface area contributed by atoms with Crippen molar-refractivity contribution in [2.45, 2.75) is 176 Å². The molecule has 0 N–H and O–H groups in total. The Morgan fingerprint density at radius 3 is 0.685 bits per heavy atom. The van der Waals surface area contributed by atoms with Crippen molar-refractivity contribution in [1.29, 1.82) is 0 Å². The zero-order valence-electron chi connectivity index (χ0n) is 38.7.